The van der Waals surface area contributed by atoms with E-state index in [0.717, 1.165) is 0 Å². The summed E-state index contributed by atoms with van der Waals surface area (Å²) in [5.41, 5.74) is 0. The van der Waals surface area contributed by atoms with E-state index in [2.05, 4.69) is 15.2 Å². The molecule has 12 heteroatoms. The topological polar surface area (TPSA) is 41.9 Å². The number of hydrogen-bond donors (Lipinski definition) is 0. The maximum Gasteiger partial charge on any atom is 0.494 e. The van der Waals surface area contributed by atoms with E-state index in [4.69, 9.17) is 0 Å². The summed E-state index contributed by atoms with van der Waals surface area (Å²) in [7, 11) is 0. The van der Waals surface area contributed by atoms with Crippen LogP contribution in [0.1, 0.15) is 0 Å². The van der Waals surface area contributed by atoms with E-state index in [1.165, 1.54) is 0 Å². The second-order valence-electron chi connectivity index (χ2n) is 2.46. The third-order valence-electron chi connectivity index (χ3n) is 1.30. The second kappa shape index (κ2) is 3.92. The Morgan fingerprint density at radius 3 is 1.59 bits per heavy atom. The highest BCUT2D eigenvalue weighted by atomic mass is 19.4. The second-order valence-corrected chi connectivity index (χ2v) is 2.46. The highest BCUT2D eigenvalue weighted by molar-refractivity contribution is 5.30. The monoisotopic (exact) mass is 268 g/mol. The molecule has 0 radical (unpaired) electrons. The first-order valence-electron chi connectivity index (χ1n) is 3.53. The Bertz CT molecular complexity index is 397. The zero-order valence-corrected chi connectivity index (χ0v) is 7.31. The Morgan fingerprint density at radius 1 is 0.765 bits per heavy atom. The maximum absolute atomic E-state index is 12.4. The fourth-order valence-electron chi connectivity index (χ4n) is 0.751. The Labute approximate surface area is 86.9 Å². The molecule has 0 bridgehead atoms. The van der Waals surface area contributed by atoms with Crippen LogP contribution in [-0.4, -0.2) is 27.8 Å². The molecule has 1 rings (SSSR count). The summed E-state index contributed by atoms with van der Waals surface area (Å²) in [5.74, 6) is -6.41. The van der Waals surface area contributed by atoms with Crippen molar-refractivity contribution in [1.29, 1.82) is 0 Å². The fourth-order valence-corrected chi connectivity index (χ4v) is 0.751. The van der Waals surface area contributed by atoms with E-state index < -0.39 is 35.3 Å². The first-order valence-corrected chi connectivity index (χ1v) is 3.53. The van der Waals surface area contributed by atoms with Gasteiger partial charge in [0.05, 0.1) is 0 Å². The summed E-state index contributed by atoms with van der Waals surface area (Å²) >= 11 is 0. The van der Waals surface area contributed by atoms with Crippen LogP contribution in [0.4, 0.5) is 41.1 Å². The van der Waals surface area contributed by atoms with Crippen LogP contribution >= 0.6 is 0 Å². The van der Waals surface area contributed by atoms with Crippen molar-refractivity contribution in [3.8, 4) is 0 Å². The summed E-state index contributed by atoms with van der Waals surface area (Å²) in [4.78, 5) is -0.122. The number of nitrogens with zero attached hydrogens (tertiary/aromatic N) is 4. The third-order valence-corrected chi connectivity index (χ3v) is 1.30. The van der Waals surface area contributed by atoms with Crippen LogP contribution in [-0.2, 0) is 0 Å². The lowest BCUT2D eigenvalue weighted by Gasteiger charge is -2.25. The van der Waals surface area contributed by atoms with E-state index in [-0.39, 0.29) is 0 Å². The van der Waals surface area contributed by atoms with E-state index in [1.807, 2.05) is 0 Å². The quantitative estimate of drug-likeness (QED) is 0.577. The molecule has 1 aromatic rings. The van der Waals surface area contributed by atoms with Crippen LogP contribution in [0, 0.1) is 11.9 Å². The van der Waals surface area contributed by atoms with Crippen LogP contribution in [0.5, 0.6) is 0 Å². The molecule has 1 heterocycles. The largest absolute Gasteiger partial charge is 0.494 e. The van der Waals surface area contributed by atoms with Gasteiger partial charge in [-0.05, 0) is 0 Å². The number of aromatic nitrogens is 3. The molecule has 0 amide bonds. The van der Waals surface area contributed by atoms with Gasteiger partial charge in [-0.3, -0.25) is 0 Å². The first-order chi connectivity index (χ1) is 7.53. The summed E-state index contributed by atoms with van der Waals surface area (Å²) in [6.45, 7) is 0. The Hall–Kier alpha value is -1.75. The lowest BCUT2D eigenvalue weighted by atomic mass is 10.7. The summed E-state index contributed by atoms with van der Waals surface area (Å²) in [6.07, 6.45) is -11.9. The molecule has 0 N–H and O–H groups in total. The van der Waals surface area contributed by atoms with Gasteiger partial charge in [-0.15, -0.1) is 36.5 Å². The van der Waals surface area contributed by atoms with Crippen molar-refractivity contribution in [2.24, 2.45) is 0 Å². The van der Waals surface area contributed by atoms with Crippen molar-refractivity contribution in [3.05, 3.63) is 11.9 Å². The van der Waals surface area contributed by atoms with Gasteiger partial charge < -0.3 is 0 Å². The molecule has 0 fully saturated rings. The van der Waals surface area contributed by atoms with Crippen molar-refractivity contribution in [1.82, 2.24) is 15.2 Å². The van der Waals surface area contributed by atoms with Gasteiger partial charge in [0.15, 0.2) is 0 Å². The SMILES string of the molecule is Fc1nnc(N(C(F)(F)F)C(F)(F)F)nc1F. The molecule has 17 heavy (non-hydrogen) atoms. The van der Waals surface area contributed by atoms with Crippen molar-refractivity contribution in [2.45, 2.75) is 12.6 Å². The van der Waals surface area contributed by atoms with Gasteiger partial charge in [-0.2, -0.15) is 18.7 Å². The van der Waals surface area contributed by atoms with Crippen LogP contribution in [0.25, 0.3) is 0 Å². The molecular formula is C5F8N4. The van der Waals surface area contributed by atoms with Gasteiger partial charge in [0, 0.05) is 0 Å². The normalized spacial score (nSPS) is 12.7. The van der Waals surface area contributed by atoms with Gasteiger partial charge in [0.1, 0.15) is 0 Å². The van der Waals surface area contributed by atoms with E-state index in [0.29, 0.717) is 0 Å². The van der Waals surface area contributed by atoms with E-state index in [1.54, 1.807) is 0 Å². The van der Waals surface area contributed by atoms with Crippen LogP contribution in [0.2, 0.25) is 0 Å². The minimum Gasteiger partial charge on any atom is -0.180 e. The number of hydrogen-bond acceptors (Lipinski definition) is 4. The predicted octanol–water partition coefficient (Wildman–Crippen LogP) is 2.00. The molecule has 0 aromatic carbocycles. The first kappa shape index (κ1) is 13.3. The smallest absolute Gasteiger partial charge is 0.180 e. The van der Waals surface area contributed by atoms with Gasteiger partial charge in [0.25, 0.3) is 17.8 Å². The number of anilines is 1. The van der Waals surface area contributed by atoms with E-state index >= 15 is 0 Å². The standard InChI is InChI=1S/C5F8N4/c6-1-2(7)15-16-3(14-1)17(4(8,9)10)5(11,12)13. The number of rotatable bonds is 1. The fraction of sp³-hybridized carbons (Fsp3) is 0.400. The minimum absolute atomic E-state index is 2.02. The summed E-state index contributed by atoms with van der Waals surface area (Å²) < 4.78 is 96.6. The molecule has 4 nitrogen and oxygen atoms in total. The number of alkyl halides is 6. The Balaban J connectivity index is 3.29. The molecular weight excluding hydrogens is 268 g/mol. The summed E-state index contributed by atoms with van der Waals surface area (Å²) in [6, 6.07) is 0. The summed E-state index contributed by atoms with van der Waals surface area (Å²) in [5, 5.41) is 4.31. The van der Waals surface area contributed by atoms with Crippen molar-refractivity contribution >= 4 is 5.95 Å². The zero-order valence-electron chi connectivity index (χ0n) is 7.31. The van der Waals surface area contributed by atoms with Crippen molar-refractivity contribution in [2.75, 3.05) is 4.90 Å². The van der Waals surface area contributed by atoms with Crippen molar-refractivity contribution in [3.63, 3.8) is 0 Å². The van der Waals surface area contributed by atoms with Crippen LogP contribution < -0.4 is 4.90 Å². The molecule has 0 spiro atoms. The van der Waals surface area contributed by atoms with Crippen molar-refractivity contribution < 1.29 is 35.1 Å². The molecule has 0 aliphatic rings. The minimum atomic E-state index is -5.95. The molecule has 96 valence electrons. The average molecular weight is 268 g/mol. The Kier molecular flexibility index (Phi) is 3.07. The molecule has 0 unspecified atom stereocenters. The third kappa shape index (κ3) is 2.88. The van der Waals surface area contributed by atoms with Crippen LogP contribution in [0.15, 0.2) is 0 Å². The Morgan fingerprint density at radius 2 is 1.24 bits per heavy atom. The number of halogens is 8. The van der Waals surface area contributed by atoms with Gasteiger partial charge in [-0.25, -0.2) is 0 Å². The average Bonchev–Trinajstić information content (AvgIpc) is 2.06. The molecule has 0 saturated carbocycles. The molecule has 1 aromatic heterocycles. The molecule has 0 aliphatic carbocycles. The maximum atomic E-state index is 12.4. The van der Waals surface area contributed by atoms with Gasteiger partial charge in [-0.1, -0.05) is 0 Å². The van der Waals surface area contributed by atoms with Crippen LogP contribution in [0.3, 0.4) is 0 Å². The highest BCUT2D eigenvalue weighted by Crippen LogP contribution is 2.36. The lowest BCUT2D eigenvalue weighted by Crippen LogP contribution is -2.49. The molecule has 0 atom stereocenters. The van der Waals surface area contributed by atoms with Gasteiger partial charge in [0.2, 0.25) is 0 Å². The molecule has 0 aliphatic heterocycles. The zero-order chi connectivity index (χ0) is 13.4. The highest BCUT2D eigenvalue weighted by Gasteiger charge is 2.56. The molecule has 0 saturated heterocycles. The predicted molar refractivity (Wildman–Crippen MR) is 34.3 cm³/mol. The van der Waals surface area contributed by atoms with E-state index in [9.17, 15) is 35.1 Å². The van der Waals surface area contributed by atoms with Gasteiger partial charge >= 0.3 is 12.6 Å². The lowest BCUT2D eigenvalue weighted by molar-refractivity contribution is -0.228.